The maximum Gasteiger partial charge on any atom is 0.260 e. The topological polar surface area (TPSA) is 115 Å². The number of nitrogens with one attached hydrogen (secondary N) is 2. The van der Waals surface area contributed by atoms with E-state index >= 15 is 0 Å². The molecule has 0 fully saturated rings. The SMILES string of the molecule is Cc1cc(C)n(CC(=O)NNC(=O)CCc2nc(-c3ccc(F)cc3)no2)n1. The molecule has 2 aromatic heterocycles. The first-order valence-corrected chi connectivity index (χ1v) is 8.58. The Morgan fingerprint density at radius 1 is 1.14 bits per heavy atom. The molecule has 3 rings (SSSR count). The molecule has 0 radical (unpaired) electrons. The van der Waals surface area contributed by atoms with Gasteiger partial charge in [-0.25, -0.2) is 4.39 Å². The lowest BCUT2D eigenvalue weighted by molar-refractivity contribution is -0.129. The van der Waals surface area contributed by atoms with E-state index in [1.54, 1.807) is 4.68 Å². The van der Waals surface area contributed by atoms with Gasteiger partial charge in [0.25, 0.3) is 5.91 Å². The van der Waals surface area contributed by atoms with Gasteiger partial charge in [0.05, 0.1) is 5.69 Å². The fourth-order valence-corrected chi connectivity index (χ4v) is 2.51. The predicted molar refractivity (Wildman–Crippen MR) is 96.0 cm³/mol. The van der Waals surface area contributed by atoms with Crippen LogP contribution in [-0.2, 0) is 22.6 Å². The second kappa shape index (κ2) is 8.42. The van der Waals surface area contributed by atoms with Gasteiger partial charge in [-0.3, -0.25) is 25.1 Å². The lowest BCUT2D eigenvalue weighted by atomic mass is 10.2. The summed E-state index contributed by atoms with van der Waals surface area (Å²) < 4.78 is 19.6. The summed E-state index contributed by atoms with van der Waals surface area (Å²) in [6, 6.07) is 7.53. The van der Waals surface area contributed by atoms with Gasteiger partial charge in [-0.1, -0.05) is 5.16 Å². The molecule has 2 heterocycles. The Bertz CT molecular complexity index is 980. The van der Waals surface area contributed by atoms with Crippen molar-refractivity contribution in [3.05, 3.63) is 53.4 Å². The van der Waals surface area contributed by atoms with E-state index in [0.29, 0.717) is 11.4 Å². The van der Waals surface area contributed by atoms with E-state index in [1.807, 2.05) is 19.9 Å². The molecule has 146 valence electrons. The normalized spacial score (nSPS) is 10.7. The first-order valence-electron chi connectivity index (χ1n) is 8.58. The molecule has 0 aliphatic rings. The summed E-state index contributed by atoms with van der Waals surface area (Å²) in [7, 11) is 0. The second-order valence-electron chi connectivity index (χ2n) is 6.20. The molecule has 2 N–H and O–H groups in total. The molecule has 0 spiro atoms. The highest BCUT2D eigenvalue weighted by atomic mass is 19.1. The van der Waals surface area contributed by atoms with Crippen molar-refractivity contribution in [2.75, 3.05) is 0 Å². The zero-order valence-corrected chi connectivity index (χ0v) is 15.4. The van der Waals surface area contributed by atoms with Crippen LogP contribution in [0.2, 0.25) is 0 Å². The maximum atomic E-state index is 12.9. The number of hydrazine groups is 1. The molecule has 0 saturated carbocycles. The summed E-state index contributed by atoms with van der Waals surface area (Å²) in [6.07, 6.45) is 0.249. The first-order chi connectivity index (χ1) is 13.4. The van der Waals surface area contributed by atoms with E-state index in [4.69, 9.17) is 4.52 Å². The van der Waals surface area contributed by atoms with Crippen LogP contribution >= 0.6 is 0 Å². The van der Waals surface area contributed by atoms with Crippen LogP contribution in [0.15, 0.2) is 34.9 Å². The first kappa shape index (κ1) is 19.2. The molecule has 0 aliphatic heterocycles. The standard InChI is InChI=1S/C18H19FN6O3/c1-11-9-12(2)25(23-11)10-16(27)22-21-15(26)7-8-17-20-18(24-28-17)13-3-5-14(19)6-4-13/h3-6,9H,7-8,10H2,1-2H3,(H,21,26)(H,22,27). The van der Waals surface area contributed by atoms with E-state index in [-0.39, 0.29) is 31.1 Å². The zero-order valence-electron chi connectivity index (χ0n) is 15.4. The van der Waals surface area contributed by atoms with E-state index < -0.39 is 11.8 Å². The Morgan fingerprint density at radius 3 is 2.54 bits per heavy atom. The van der Waals surface area contributed by atoms with Gasteiger partial charge in [0.2, 0.25) is 17.6 Å². The average Bonchev–Trinajstić information content (AvgIpc) is 3.25. The highest BCUT2D eigenvalue weighted by Crippen LogP contribution is 2.16. The van der Waals surface area contributed by atoms with Crippen molar-refractivity contribution in [1.82, 2.24) is 30.8 Å². The average molecular weight is 386 g/mol. The number of carbonyl (C=O) groups excluding carboxylic acids is 2. The van der Waals surface area contributed by atoms with Crippen molar-refractivity contribution in [3.63, 3.8) is 0 Å². The number of benzene rings is 1. The highest BCUT2D eigenvalue weighted by Gasteiger charge is 2.12. The van der Waals surface area contributed by atoms with Crippen LogP contribution in [0.3, 0.4) is 0 Å². The van der Waals surface area contributed by atoms with Gasteiger partial charge >= 0.3 is 0 Å². The van der Waals surface area contributed by atoms with Gasteiger partial charge in [0.15, 0.2) is 0 Å². The van der Waals surface area contributed by atoms with Crippen molar-refractivity contribution in [3.8, 4) is 11.4 Å². The summed E-state index contributed by atoms with van der Waals surface area (Å²) in [5.74, 6) is -0.569. The van der Waals surface area contributed by atoms with Crippen LogP contribution in [0.1, 0.15) is 23.7 Å². The summed E-state index contributed by atoms with van der Waals surface area (Å²) in [5.41, 5.74) is 6.95. The summed E-state index contributed by atoms with van der Waals surface area (Å²) >= 11 is 0. The van der Waals surface area contributed by atoms with Crippen LogP contribution in [0.5, 0.6) is 0 Å². The van der Waals surface area contributed by atoms with Gasteiger partial charge in [0.1, 0.15) is 12.4 Å². The van der Waals surface area contributed by atoms with Crippen molar-refractivity contribution in [1.29, 1.82) is 0 Å². The zero-order chi connectivity index (χ0) is 20.1. The van der Waals surface area contributed by atoms with Crippen LogP contribution in [0.4, 0.5) is 4.39 Å². The Balaban J connectivity index is 1.43. The number of amides is 2. The summed E-state index contributed by atoms with van der Waals surface area (Å²) in [4.78, 5) is 27.9. The lowest BCUT2D eigenvalue weighted by Crippen LogP contribution is -2.43. The number of aryl methyl sites for hydroxylation is 3. The van der Waals surface area contributed by atoms with Crippen LogP contribution in [-0.4, -0.2) is 31.7 Å². The molecule has 0 bridgehead atoms. The van der Waals surface area contributed by atoms with Crippen molar-refractivity contribution in [2.45, 2.75) is 33.2 Å². The molecule has 9 nitrogen and oxygen atoms in total. The third-order valence-electron chi connectivity index (χ3n) is 3.87. The maximum absolute atomic E-state index is 12.9. The molecule has 0 unspecified atom stereocenters. The number of carbonyl (C=O) groups is 2. The monoisotopic (exact) mass is 386 g/mol. The fraction of sp³-hybridized carbons (Fsp3) is 0.278. The van der Waals surface area contributed by atoms with Crippen molar-refractivity contribution < 1.29 is 18.5 Å². The van der Waals surface area contributed by atoms with Crippen LogP contribution < -0.4 is 10.9 Å². The number of halogens is 1. The molecule has 10 heteroatoms. The molecule has 3 aromatic rings. The van der Waals surface area contributed by atoms with Crippen molar-refractivity contribution >= 4 is 11.8 Å². The second-order valence-corrected chi connectivity index (χ2v) is 6.20. The third kappa shape index (κ3) is 5.00. The minimum absolute atomic E-state index is 0.00461. The predicted octanol–water partition coefficient (Wildman–Crippen LogP) is 1.47. The summed E-state index contributed by atoms with van der Waals surface area (Å²) in [5, 5.41) is 7.99. The molecule has 28 heavy (non-hydrogen) atoms. The van der Waals surface area contributed by atoms with E-state index in [9.17, 15) is 14.0 Å². The molecule has 0 aliphatic carbocycles. The Morgan fingerprint density at radius 2 is 1.86 bits per heavy atom. The molecule has 0 atom stereocenters. The largest absolute Gasteiger partial charge is 0.339 e. The minimum Gasteiger partial charge on any atom is -0.339 e. The summed E-state index contributed by atoms with van der Waals surface area (Å²) in [6.45, 7) is 3.68. The van der Waals surface area contributed by atoms with E-state index in [0.717, 1.165) is 11.4 Å². The third-order valence-corrected chi connectivity index (χ3v) is 3.87. The molecule has 0 saturated heterocycles. The number of aromatic nitrogens is 4. The minimum atomic E-state index is -0.400. The quantitative estimate of drug-likeness (QED) is 0.620. The van der Waals surface area contributed by atoms with Crippen LogP contribution in [0, 0.1) is 19.7 Å². The molecular formula is C18H19FN6O3. The van der Waals surface area contributed by atoms with Gasteiger partial charge in [-0.2, -0.15) is 10.1 Å². The smallest absolute Gasteiger partial charge is 0.260 e. The fourth-order valence-electron chi connectivity index (χ4n) is 2.51. The Hall–Kier alpha value is -3.56. The van der Waals surface area contributed by atoms with E-state index in [2.05, 4.69) is 26.1 Å². The Kier molecular flexibility index (Phi) is 5.78. The van der Waals surface area contributed by atoms with Gasteiger partial charge < -0.3 is 4.52 Å². The molecule has 1 aromatic carbocycles. The van der Waals surface area contributed by atoms with E-state index in [1.165, 1.54) is 24.3 Å². The lowest BCUT2D eigenvalue weighted by Gasteiger charge is -2.07. The number of rotatable bonds is 6. The highest BCUT2D eigenvalue weighted by molar-refractivity contribution is 5.81. The molecular weight excluding hydrogens is 367 g/mol. The number of nitrogens with zero attached hydrogens (tertiary/aromatic N) is 4. The molecule has 2 amide bonds. The number of hydrogen-bond donors (Lipinski definition) is 2. The van der Waals surface area contributed by atoms with Crippen molar-refractivity contribution in [2.24, 2.45) is 0 Å². The van der Waals surface area contributed by atoms with Gasteiger partial charge in [-0.05, 0) is 44.2 Å². The Labute approximate surface area is 159 Å². The van der Waals surface area contributed by atoms with Gasteiger partial charge in [0, 0.05) is 24.1 Å². The van der Waals surface area contributed by atoms with Crippen LogP contribution in [0.25, 0.3) is 11.4 Å². The van der Waals surface area contributed by atoms with Gasteiger partial charge in [-0.15, -0.1) is 0 Å². The number of hydrogen-bond acceptors (Lipinski definition) is 6.